The highest BCUT2D eigenvalue weighted by Crippen LogP contribution is 2.28. The van der Waals surface area contributed by atoms with Gasteiger partial charge in [0.05, 0.1) is 0 Å². The summed E-state index contributed by atoms with van der Waals surface area (Å²) in [6.07, 6.45) is 1.20. The first kappa shape index (κ1) is 15.8. The molecule has 0 bridgehead atoms. The normalized spacial score (nSPS) is 23.6. The molecule has 1 aliphatic heterocycles. The van der Waals surface area contributed by atoms with Crippen LogP contribution in [-0.2, 0) is 0 Å². The Labute approximate surface area is 127 Å². The van der Waals surface area contributed by atoms with Crippen molar-refractivity contribution >= 4 is 11.6 Å². The van der Waals surface area contributed by atoms with Gasteiger partial charge in [0, 0.05) is 36.7 Å². The fourth-order valence-corrected chi connectivity index (χ4v) is 3.53. The summed E-state index contributed by atoms with van der Waals surface area (Å²) < 4.78 is 0. The summed E-state index contributed by atoms with van der Waals surface area (Å²) >= 11 is 6.07. The van der Waals surface area contributed by atoms with E-state index in [0.29, 0.717) is 12.6 Å². The van der Waals surface area contributed by atoms with Crippen LogP contribution in [0.3, 0.4) is 0 Å². The van der Waals surface area contributed by atoms with Crippen LogP contribution in [0.25, 0.3) is 0 Å². The molecule has 1 aromatic rings. The molecule has 1 fully saturated rings. The number of nitrogens with two attached hydrogens (primary N) is 1. The first-order chi connectivity index (χ1) is 9.52. The van der Waals surface area contributed by atoms with Crippen molar-refractivity contribution in [3.63, 3.8) is 0 Å². The Hall–Kier alpha value is -0.610. The van der Waals surface area contributed by atoms with Gasteiger partial charge in [-0.15, -0.1) is 0 Å². The van der Waals surface area contributed by atoms with Crippen molar-refractivity contribution in [3.05, 3.63) is 34.3 Å². The van der Waals surface area contributed by atoms with E-state index < -0.39 is 0 Å². The second kappa shape index (κ2) is 6.90. The summed E-state index contributed by atoms with van der Waals surface area (Å²) in [6.45, 7) is 8.45. The number of halogens is 1. The molecular weight excluding hydrogens is 270 g/mol. The van der Waals surface area contributed by atoms with Gasteiger partial charge >= 0.3 is 0 Å². The van der Waals surface area contributed by atoms with Gasteiger partial charge in [-0.25, -0.2) is 0 Å². The monoisotopic (exact) mass is 295 g/mol. The van der Waals surface area contributed by atoms with E-state index in [0.717, 1.165) is 24.7 Å². The fourth-order valence-electron chi connectivity index (χ4n) is 3.31. The van der Waals surface area contributed by atoms with E-state index in [-0.39, 0.29) is 6.04 Å². The number of hydrogen-bond donors (Lipinski definition) is 1. The molecule has 1 aromatic carbocycles. The van der Waals surface area contributed by atoms with E-state index >= 15 is 0 Å². The summed E-state index contributed by atoms with van der Waals surface area (Å²) in [5.41, 5.74) is 8.65. The van der Waals surface area contributed by atoms with Crippen LogP contribution in [0.4, 0.5) is 0 Å². The van der Waals surface area contributed by atoms with Crippen molar-refractivity contribution in [2.24, 2.45) is 5.73 Å². The predicted octanol–water partition coefficient (Wildman–Crippen LogP) is 2.67. The largest absolute Gasteiger partial charge is 0.329 e. The molecular formula is C16H26ClN3. The molecule has 2 N–H and O–H groups in total. The number of rotatable bonds is 3. The van der Waals surface area contributed by atoms with E-state index in [9.17, 15) is 0 Å². The van der Waals surface area contributed by atoms with Gasteiger partial charge in [0.1, 0.15) is 0 Å². The number of hydrogen-bond acceptors (Lipinski definition) is 3. The number of aryl methyl sites for hydroxylation is 1. The Bertz CT molecular complexity index is 449. The van der Waals surface area contributed by atoms with Crippen LogP contribution in [0.2, 0.25) is 5.02 Å². The van der Waals surface area contributed by atoms with E-state index in [4.69, 9.17) is 17.3 Å². The molecule has 0 saturated carbocycles. The highest BCUT2D eigenvalue weighted by atomic mass is 35.5. The van der Waals surface area contributed by atoms with E-state index in [1.165, 1.54) is 17.5 Å². The van der Waals surface area contributed by atoms with Gasteiger partial charge in [0.25, 0.3) is 0 Å². The molecule has 0 aromatic heterocycles. The summed E-state index contributed by atoms with van der Waals surface area (Å²) in [4.78, 5) is 4.96. The van der Waals surface area contributed by atoms with Crippen LogP contribution in [-0.4, -0.2) is 49.1 Å². The summed E-state index contributed by atoms with van der Waals surface area (Å²) in [7, 11) is 2.20. The molecule has 0 spiro atoms. The highest BCUT2D eigenvalue weighted by molar-refractivity contribution is 6.30. The molecule has 20 heavy (non-hydrogen) atoms. The summed E-state index contributed by atoms with van der Waals surface area (Å²) in [5.74, 6) is 0. The second-order valence-corrected chi connectivity index (χ2v) is 6.39. The van der Waals surface area contributed by atoms with E-state index in [1.54, 1.807) is 0 Å². The predicted molar refractivity (Wildman–Crippen MR) is 86.3 cm³/mol. The lowest BCUT2D eigenvalue weighted by molar-refractivity contribution is 0.146. The Kier molecular flexibility index (Phi) is 5.44. The Morgan fingerprint density at radius 2 is 2.15 bits per heavy atom. The molecule has 0 radical (unpaired) electrons. The first-order valence-corrected chi connectivity index (χ1v) is 7.81. The molecule has 1 heterocycles. The topological polar surface area (TPSA) is 32.5 Å². The maximum atomic E-state index is 6.10. The van der Waals surface area contributed by atoms with Gasteiger partial charge in [-0.1, -0.05) is 17.7 Å². The van der Waals surface area contributed by atoms with Crippen LogP contribution in [0.15, 0.2) is 18.2 Å². The van der Waals surface area contributed by atoms with E-state index in [2.05, 4.69) is 36.8 Å². The maximum absolute atomic E-state index is 6.10. The maximum Gasteiger partial charge on any atom is 0.0476 e. The standard InChI is InChI=1S/C16H26ClN3/c1-12-9-14(17)5-6-15(12)16(10-18)20-8-4-7-19(3)11-13(20)2/h5-6,9,13,16H,4,7-8,10-11,18H2,1-3H3. The van der Waals surface area contributed by atoms with Gasteiger partial charge in [0.2, 0.25) is 0 Å². The molecule has 2 unspecified atom stereocenters. The lowest BCUT2D eigenvalue weighted by atomic mass is 9.98. The van der Waals surface area contributed by atoms with Gasteiger partial charge in [-0.3, -0.25) is 4.90 Å². The molecule has 0 amide bonds. The minimum atomic E-state index is 0.286. The zero-order chi connectivity index (χ0) is 14.7. The lowest BCUT2D eigenvalue weighted by Gasteiger charge is -2.36. The zero-order valence-corrected chi connectivity index (χ0v) is 13.5. The molecule has 1 saturated heterocycles. The smallest absolute Gasteiger partial charge is 0.0476 e. The highest BCUT2D eigenvalue weighted by Gasteiger charge is 2.27. The first-order valence-electron chi connectivity index (χ1n) is 7.43. The summed E-state index contributed by atoms with van der Waals surface area (Å²) in [5, 5.41) is 0.797. The average molecular weight is 296 g/mol. The molecule has 4 heteroatoms. The third-order valence-electron chi connectivity index (χ3n) is 4.31. The van der Waals surface area contributed by atoms with Crippen molar-refractivity contribution in [2.45, 2.75) is 32.4 Å². The SMILES string of the molecule is Cc1cc(Cl)ccc1C(CN)N1CCCN(C)CC1C. The molecule has 2 atom stereocenters. The van der Waals surface area contributed by atoms with Crippen LogP contribution in [0.1, 0.15) is 30.5 Å². The Morgan fingerprint density at radius 1 is 1.40 bits per heavy atom. The average Bonchev–Trinajstić information content (AvgIpc) is 2.54. The quantitative estimate of drug-likeness (QED) is 0.930. The second-order valence-electron chi connectivity index (χ2n) is 5.96. The van der Waals surface area contributed by atoms with Gasteiger partial charge in [-0.2, -0.15) is 0 Å². The van der Waals surface area contributed by atoms with Crippen LogP contribution >= 0.6 is 11.6 Å². The summed E-state index contributed by atoms with van der Waals surface area (Å²) in [6, 6.07) is 6.95. The van der Waals surface area contributed by atoms with Crippen molar-refractivity contribution in [3.8, 4) is 0 Å². The minimum Gasteiger partial charge on any atom is -0.329 e. The third-order valence-corrected chi connectivity index (χ3v) is 4.55. The van der Waals surface area contributed by atoms with Crippen LogP contribution in [0, 0.1) is 6.92 Å². The lowest BCUT2D eigenvalue weighted by Crippen LogP contribution is -2.43. The van der Waals surface area contributed by atoms with Gasteiger partial charge in [-0.05, 0) is 57.1 Å². The molecule has 112 valence electrons. The number of likely N-dealkylation sites (N-methyl/N-ethyl adjacent to an activating group) is 1. The molecule has 3 nitrogen and oxygen atoms in total. The van der Waals surface area contributed by atoms with Crippen molar-refractivity contribution < 1.29 is 0 Å². The van der Waals surface area contributed by atoms with Crippen LogP contribution < -0.4 is 5.73 Å². The Morgan fingerprint density at radius 3 is 2.80 bits per heavy atom. The molecule has 1 aliphatic rings. The van der Waals surface area contributed by atoms with Gasteiger partial charge in [0.15, 0.2) is 0 Å². The molecule has 2 rings (SSSR count). The van der Waals surface area contributed by atoms with Gasteiger partial charge < -0.3 is 10.6 Å². The minimum absolute atomic E-state index is 0.286. The zero-order valence-electron chi connectivity index (χ0n) is 12.8. The third kappa shape index (κ3) is 3.53. The van der Waals surface area contributed by atoms with Crippen LogP contribution in [0.5, 0.6) is 0 Å². The van der Waals surface area contributed by atoms with E-state index in [1.807, 2.05) is 12.1 Å². The van der Waals surface area contributed by atoms with Crippen molar-refractivity contribution in [1.29, 1.82) is 0 Å². The Balaban J connectivity index is 2.26. The fraction of sp³-hybridized carbons (Fsp3) is 0.625. The number of nitrogens with zero attached hydrogens (tertiary/aromatic N) is 2. The number of benzene rings is 1. The van der Waals surface area contributed by atoms with Crippen molar-refractivity contribution in [2.75, 3.05) is 33.2 Å². The molecule has 0 aliphatic carbocycles. The van der Waals surface area contributed by atoms with Crippen molar-refractivity contribution in [1.82, 2.24) is 9.80 Å².